The Hall–Kier alpha value is -1.32. The molecule has 1 aromatic heterocycles. The highest BCUT2D eigenvalue weighted by Gasteiger charge is 2.15. The molecule has 0 aliphatic rings. The van der Waals surface area contributed by atoms with Crippen molar-refractivity contribution < 1.29 is 8.81 Å². The maximum Gasteiger partial charge on any atom is 0.193 e. The van der Waals surface area contributed by atoms with Crippen molar-refractivity contribution in [1.29, 1.82) is 0 Å². The standard InChI is InChI=1S/C14H15ClFNO/c1-9-7-11(16)4-3-10(9)8-12(17-2)13-5-6-14(15)18-13/h3-7,12,17H,8H2,1-2H3. The van der Waals surface area contributed by atoms with E-state index in [4.69, 9.17) is 16.0 Å². The summed E-state index contributed by atoms with van der Waals surface area (Å²) in [6.45, 7) is 1.90. The van der Waals surface area contributed by atoms with Gasteiger partial charge in [0.25, 0.3) is 0 Å². The van der Waals surface area contributed by atoms with Crippen molar-refractivity contribution in [3.63, 3.8) is 0 Å². The predicted octanol–water partition coefficient (Wildman–Crippen LogP) is 3.88. The molecule has 18 heavy (non-hydrogen) atoms. The van der Waals surface area contributed by atoms with Gasteiger partial charge in [-0.2, -0.15) is 0 Å². The number of hydrogen-bond donors (Lipinski definition) is 1. The fourth-order valence-electron chi connectivity index (χ4n) is 1.97. The van der Waals surface area contributed by atoms with Crippen LogP contribution < -0.4 is 5.32 Å². The normalized spacial score (nSPS) is 12.7. The van der Waals surface area contributed by atoms with Crippen LogP contribution in [0.25, 0.3) is 0 Å². The zero-order valence-electron chi connectivity index (χ0n) is 10.3. The first kappa shape index (κ1) is 13.1. The number of rotatable bonds is 4. The Kier molecular flexibility index (Phi) is 4.04. The van der Waals surface area contributed by atoms with Crippen molar-refractivity contribution in [2.45, 2.75) is 19.4 Å². The Balaban J connectivity index is 2.20. The monoisotopic (exact) mass is 267 g/mol. The van der Waals surface area contributed by atoms with E-state index in [1.165, 1.54) is 12.1 Å². The minimum atomic E-state index is -0.210. The molecular formula is C14H15ClFNO. The highest BCUT2D eigenvalue weighted by atomic mass is 35.5. The second kappa shape index (κ2) is 5.55. The summed E-state index contributed by atoms with van der Waals surface area (Å²) in [4.78, 5) is 0. The van der Waals surface area contributed by atoms with Crippen LogP contribution in [-0.2, 0) is 6.42 Å². The molecule has 1 N–H and O–H groups in total. The molecule has 0 aliphatic carbocycles. The average molecular weight is 268 g/mol. The van der Waals surface area contributed by atoms with Crippen LogP contribution in [0, 0.1) is 12.7 Å². The van der Waals surface area contributed by atoms with Crippen molar-refractivity contribution >= 4 is 11.6 Å². The maximum atomic E-state index is 13.0. The van der Waals surface area contributed by atoms with E-state index in [9.17, 15) is 4.39 Å². The summed E-state index contributed by atoms with van der Waals surface area (Å²) < 4.78 is 18.4. The van der Waals surface area contributed by atoms with Crippen molar-refractivity contribution in [2.75, 3.05) is 7.05 Å². The molecule has 1 heterocycles. The Morgan fingerprint density at radius 1 is 1.33 bits per heavy atom. The van der Waals surface area contributed by atoms with Crippen LogP contribution in [0.3, 0.4) is 0 Å². The van der Waals surface area contributed by atoms with Gasteiger partial charge in [0, 0.05) is 0 Å². The summed E-state index contributed by atoms with van der Waals surface area (Å²) in [5.74, 6) is 0.574. The summed E-state index contributed by atoms with van der Waals surface area (Å²) in [6.07, 6.45) is 0.729. The van der Waals surface area contributed by atoms with Gasteiger partial charge in [0.15, 0.2) is 5.22 Å². The molecule has 0 bridgehead atoms. The molecule has 4 heteroatoms. The number of benzene rings is 1. The van der Waals surface area contributed by atoms with Crippen LogP contribution in [0.5, 0.6) is 0 Å². The lowest BCUT2D eigenvalue weighted by molar-refractivity contribution is 0.430. The van der Waals surface area contributed by atoms with Gasteiger partial charge in [-0.15, -0.1) is 0 Å². The van der Waals surface area contributed by atoms with E-state index in [0.29, 0.717) is 5.22 Å². The van der Waals surface area contributed by atoms with Crippen LogP contribution in [0.4, 0.5) is 4.39 Å². The van der Waals surface area contributed by atoms with Gasteiger partial charge in [-0.25, -0.2) is 4.39 Å². The lowest BCUT2D eigenvalue weighted by atomic mass is 10.00. The Labute approximate surface area is 111 Å². The Morgan fingerprint density at radius 2 is 2.11 bits per heavy atom. The number of nitrogens with one attached hydrogen (secondary N) is 1. The topological polar surface area (TPSA) is 25.2 Å². The third-order valence-electron chi connectivity index (χ3n) is 3.01. The van der Waals surface area contributed by atoms with Crippen LogP contribution in [0.1, 0.15) is 22.9 Å². The molecule has 1 aromatic carbocycles. The van der Waals surface area contributed by atoms with Gasteiger partial charge in [0.05, 0.1) is 6.04 Å². The second-order valence-electron chi connectivity index (χ2n) is 4.26. The van der Waals surface area contributed by atoms with Gasteiger partial charge < -0.3 is 9.73 Å². The van der Waals surface area contributed by atoms with Gasteiger partial charge in [-0.1, -0.05) is 6.07 Å². The number of likely N-dealkylation sites (N-methyl/N-ethyl adjacent to an activating group) is 1. The quantitative estimate of drug-likeness (QED) is 0.909. The molecule has 0 fully saturated rings. The molecule has 1 atom stereocenters. The number of furan rings is 1. The molecule has 0 spiro atoms. The maximum absolute atomic E-state index is 13.0. The molecule has 0 saturated carbocycles. The Bertz CT molecular complexity index is 538. The zero-order valence-corrected chi connectivity index (χ0v) is 11.1. The highest BCUT2D eigenvalue weighted by molar-refractivity contribution is 6.28. The van der Waals surface area contributed by atoms with Gasteiger partial charge in [0.2, 0.25) is 0 Å². The fraction of sp³-hybridized carbons (Fsp3) is 0.286. The SMILES string of the molecule is CNC(Cc1ccc(F)cc1C)c1ccc(Cl)o1. The van der Waals surface area contributed by atoms with E-state index in [-0.39, 0.29) is 11.9 Å². The fourth-order valence-corrected chi connectivity index (χ4v) is 2.12. The molecular weight excluding hydrogens is 253 g/mol. The average Bonchev–Trinajstić information content (AvgIpc) is 2.75. The van der Waals surface area contributed by atoms with Crippen molar-refractivity contribution in [1.82, 2.24) is 5.32 Å². The molecule has 2 aromatic rings. The molecule has 0 aliphatic heterocycles. The van der Waals surface area contributed by atoms with E-state index in [1.807, 2.05) is 20.0 Å². The van der Waals surface area contributed by atoms with Gasteiger partial charge in [0.1, 0.15) is 11.6 Å². The molecule has 0 radical (unpaired) electrons. The largest absolute Gasteiger partial charge is 0.448 e. The van der Waals surface area contributed by atoms with Crippen LogP contribution in [-0.4, -0.2) is 7.05 Å². The first-order valence-electron chi connectivity index (χ1n) is 5.77. The first-order chi connectivity index (χ1) is 8.60. The number of halogens is 2. The smallest absolute Gasteiger partial charge is 0.193 e. The lowest BCUT2D eigenvalue weighted by Gasteiger charge is -2.15. The van der Waals surface area contributed by atoms with E-state index in [2.05, 4.69) is 5.32 Å². The summed E-state index contributed by atoms with van der Waals surface area (Å²) in [5, 5.41) is 3.55. The molecule has 2 nitrogen and oxygen atoms in total. The molecule has 1 unspecified atom stereocenters. The minimum absolute atomic E-state index is 0.0293. The van der Waals surface area contributed by atoms with Crippen LogP contribution in [0.15, 0.2) is 34.7 Å². The first-order valence-corrected chi connectivity index (χ1v) is 6.15. The van der Waals surface area contributed by atoms with Crippen molar-refractivity contribution in [3.05, 3.63) is 58.3 Å². The second-order valence-corrected chi connectivity index (χ2v) is 4.63. The zero-order chi connectivity index (χ0) is 13.1. The van der Waals surface area contributed by atoms with Gasteiger partial charge in [-0.05, 0) is 67.4 Å². The van der Waals surface area contributed by atoms with Crippen molar-refractivity contribution in [2.24, 2.45) is 0 Å². The summed E-state index contributed by atoms with van der Waals surface area (Å²) in [7, 11) is 1.86. The number of hydrogen-bond acceptors (Lipinski definition) is 2. The van der Waals surface area contributed by atoms with Crippen molar-refractivity contribution in [3.8, 4) is 0 Å². The van der Waals surface area contributed by atoms with Crippen LogP contribution >= 0.6 is 11.6 Å². The summed E-state index contributed by atoms with van der Waals surface area (Å²) in [6, 6.07) is 8.42. The minimum Gasteiger partial charge on any atom is -0.448 e. The summed E-state index contributed by atoms with van der Waals surface area (Å²) >= 11 is 5.77. The van der Waals surface area contributed by atoms with E-state index in [1.54, 1.807) is 12.1 Å². The van der Waals surface area contributed by atoms with Gasteiger partial charge in [-0.3, -0.25) is 0 Å². The third kappa shape index (κ3) is 2.92. The Morgan fingerprint density at radius 3 is 2.67 bits per heavy atom. The van der Waals surface area contributed by atoms with E-state index < -0.39 is 0 Å². The van der Waals surface area contributed by atoms with Crippen LogP contribution in [0.2, 0.25) is 5.22 Å². The molecule has 0 saturated heterocycles. The highest BCUT2D eigenvalue weighted by Crippen LogP contribution is 2.24. The number of aryl methyl sites for hydroxylation is 1. The van der Waals surface area contributed by atoms with E-state index in [0.717, 1.165) is 23.3 Å². The molecule has 2 rings (SSSR count). The molecule has 96 valence electrons. The predicted molar refractivity (Wildman–Crippen MR) is 70.4 cm³/mol. The summed E-state index contributed by atoms with van der Waals surface area (Å²) in [5.41, 5.74) is 2.02. The van der Waals surface area contributed by atoms with Gasteiger partial charge >= 0.3 is 0 Å². The third-order valence-corrected chi connectivity index (χ3v) is 3.22. The molecule has 0 amide bonds. The lowest BCUT2D eigenvalue weighted by Crippen LogP contribution is -2.18. The van der Waals surface area contributed by atoms with E-state index >= 15 is 0 Å².